The molecule has 0 aliphatic carbocycles. The maximum absolute atomic E-state index is 6.44. The Bertz CT molecular complexity index is 1050. The molecular weight excluding hydrogens is 416 g/mol. The smallest absolute Gasteiger partial charge is 0.231 e. The number of halogens is 1. The lowest BCUT2D eigenvalue weighted by Crippen LogP contribution is -2.39. The molecule has 3 aromatic rings. The third kappa shape index (κ3) is 4.56. The Labute approximate surface area is 186 Å². The van der Waals surface area contributed by atoms with E-state index < -0.39 is 0 Å². The lowest BCUT2D eigenvalue weighted by atomic mass is 10.1. The third-order valence-corrected chi connectivity index (χ3v) is 6.06. The summed E-state index contributed by atoms with van der Waals surface area (Å²) in [7, 11) is 0. The van der Waals surface area contributed by atoms with Crippen molar-refractivity contribution in [2.45, 2.75) is 39.0 Å². The second-order valence-corrected chi connectivity index (χ2v) is 8.41. The summed E-state index contributed by atoms with van der Waals surface area (Å²) < 4.78 is 23.0. The van der Waals surface area contributed by atoms with E-state index in [1.165, 1.54) is 5.56 Å². The zero-order chi connectivity index (χ0) is 21.2. The Morgan fingerprint density at radius 1 is 1.16 bits per heavy atom. The molecular formula is C24H25ClN2O4. The molecule has 6 nitrogen and oxygen atoms in total. The van der Waals surface area contributed by atoms with Gasteiger partial charge in [-0.3, -0.25) is 4.90 Å². The van der Waals surface area contributed by atoms with Gasteiger partial charge in [-0.2, -0.15) is 0 Å². The van der Waals surface area contributed by atoms with Gasteiger partial charge < -0.3 is 18.6 Å². The van der Waals surface area contributed by atoms with Crippen molar-refractivity contribution in [1.82, 2.24) is 9.88 Å². The van der Waals surface area contributed by atoms with Crippen molar-refractivity contribution in [3.8, 4) is 23.0 Å². The maximum atomic E-state index is 6.44. The number of nitrogens with zero attached hydrogens (tertiary/aromatic N) is 2. The van der Waals surface area contributed by atoms with Gasteiger partial charge in [-0.15, -0.1) is 0 Å². The van der Waals surface area contributed by atoms with E-state index in [9.17, 15) is 0 Å². The molecule has 3 heterocycles. The fraction of sp³-hybridized carbons (Fsp3) is 0.375. The molecule has 0 unspecified atom stereocenters. The van der Waals surface area contributed by atoms with Gasteiger partial charge >= 0.3 is 0 Å². The molecule has 0 saturated carbocycles. The number of fused-ring (bicyclic) bond motifs is 1. The highest BCUT2D eigenvalue weighted by Crippen LogP contribution is 2.41. The van der Waals surface area contributed by atoms with Crippen molar-refractivity contribution in [3.63, 3.8) is 0 Å². The first-order valence-electron chi connectivity index (χ1n) is 10.6. The number of rotatable bonds is 6. The number of aromatic nitrogens is 1. The number of likely N-dealkylation sites (tertiary alicyclic amines) is 1. The Morgan fingerprint density at radius 3 is 2.81 bits per heavy atom. The van der Waals surface area contributed by atoms with E-state index in [4.69, 9.17) is 35.2 Å². The van der Waals surface area contributed by atoms with Crippen LogP contribution in [-0.2, 0) is 17.9 Å². The minimum absolute atomic E-state index is 0.202. The van der Waals surface area contributed by atoms with E-state index in [1.54, 1.807) is 6.07 Å². The largest absolute Gasteiger partial charge is 0.454 e. The Kier molecular flexibility index (Phi) is 5.85. The molecule has 0 radical (unpaired) electrons. The van der Waals surface area contributed by atoms with Crippen LogP contribution in [0.5, 0.6) is 11.5 Å². The van der Waals surface area contributed by atoms with Crippen molar-refractivity contribution in [3.05, 3.63) is 64.5 Å². The van der Waals surface area contributed by atoms with Crippen molar-refractivity contribution in [2.24, 2.45) is 0 Å². The number of hydrogen-bond acceptors (Lipinski definition) is 6. The first-order valence-corrected chi connectivity index (χ1v) is 11.0. The van der Waals surface area contributed by atoms with Crippen molar-refractivity contribution < 1.29 is 18.6 Å². The standard InChI is InChI=1S/C24H25ClN2O4/c1-16-21(26-24(31-16)19-10-22-23(11-20(19)25)30-15-29-22)13-27-9-5-8-18(12-27)28-14-17-6-3-2-4-7-17/h2-4,6-7,10-11,18H,5,8-9,12-15H2,1H3/t18-/m1/s1. The molecule has 31 heavy (non-hydrogen) atoms. The number of oxazole rings is 1. The average molecular weight is 441 g/mol. The van der Waals surface area contributed by atoms with Gasteiger partial charge in [-0.05, 0) is 37.9 Å². The van der Waals surface area contributed by atoms with E-state index in [2.05, 4.69) is 17.0 Å². The van der Waals surface area contributed by atoms with Crippen LogP contribution in [-0.4, -0.2) is 35.9 Å². The van der Waals surface area contributed by atoms with E-state index in [0.717, 1.165) is 43.9 Å². The van der Waals surface area contributed by atoms with Gasteiger partial charge in [0.1, 0.15) is 5.76 Å². The van der Waals surface area contributed by atoms with Crippen LogP contribution in [0.25, 0.3) is 11.5 Å². The zero-order valence-corrected chi connectivity index (χ0v) is 18.2. The fourth-order valence-corrected chi connectivity index (χ4v) is 4.30. The van der Waals surface area contributed by atoms with E-state index >= 15 is 0 Å². The molecule has 0 spiro atoms. The minimum Gasteiger partial charge on any atom is -0.454 e. The van der Waals surface area contributed by atoms with Crippen LogP contribution in [0.15, 0.2) is 46.9 Å². The highest BCUT2D eigenvalue weighted by atomic mass is 35.5. The molecule has 162 valence electrons. The maximum Gasteiger partial charge on any atom is 0.231 e. The van der Waals surface area contributed by atoms with Crippen LogP contribution in [0, 0.1) is 6.92 Å². The molecule has 1 atom stereocenters. The van der Waals surface area contributed by atoms with Gasteiger partial charge in [0.25, 0.3) is 0 Å². The minimum atomic E-state index is 0.202. The molecule has 2 aliphatic rings. The van der Waals surface area contributed by atoms with Gasteiger partial charge in [0.2, 0.25) is 12.7 Å². The summed E-state index contributed by atoms with van der Waals surface area (Å²) in [6, 6.07) is 13.9. The van der Waals surface area contributed by atoms with Crippen LogP contribution in [0.3, 0.4) is 0 Å². The SMILES string of the molecule is Cc1oc(-c2cc3c(cc2Cl)OCO3)nc1CN1CCC[C@@H](OCc2ccccc2)C1. The Hall–Kier alpha value is -2.54. The lowest BCUT2D eigenvalue weighted by molar-refractivity contribution is -0.0123. The molecule has 5 rings (SSSR count). The van der Waals surface area contributed by atoms with Crippen LogP contribution >= 0.6 is 11.6 Å². The third-order valence-electron chi connectivity index (χ3n) is 5.75. The second kappa shape index (κ2) is 8.91. The Morgan fingerprint density at radius 2 is 1.97 bits per heavy atom. The second-order valence-electron chi connectivity index (χ2n) is 8.00. The van der Waals surface area contributed by atoms with Crippen LogP contribution in [0.1, 0.15) is 29.9 Å². The summed E-state index contributed by atoms with van der Waals surface area (Å²) in [6.45, 7) is 5.43. The number of piperidine rings is 1. The molecule has 1 aromatic heterocycles. The average Bonchev–Trinajstić information content (AvgIpc) is 3.38. The summed E-state index contributed by atoms with van der Waals surface area (Å²) in [4.78, 5) is 7.13. The molecule has 0 N–H and O–H groups in total. The highest BCUT2D eigenvalue weighted by Gasteiger charge is 2.24. The van der Waals surface area contributed by atoms with Gasteiger partial charge in [-0.25, -0.2) is 4.98 Å². The van der Waals surface area contributed by atoms with Crippen LogP contribution < -0.4 is 9.47 Å². The van der Waals surface area contributed by atoms with Crippen molar-refractivity contribution in [1.29, 1.82) is 0 Å². The number of aryl methyl sites for hydroxylation is 1. The monoisotopic (exact) mass is 440 g/mol. The van der Waals surface area contributed by atoms with Crippen molar-refractivity contribution in [2.75, 3.05) is 19.9 Å². The molecule has 0 amide bonds. The zero-order valence-electron chi connectivity index (χ0n) is 17.5. The molecule has 7 heteroatoms. The molecule has 2 aromatic carbocycles. The van der Waals surface area contributed by atoms with Gasteiger partial charge in [0, 0.05) is 19.2 Å². The Balaban J connectivity index is 1.25. The first-order chi connectivity index (χ1) is 15.2. The van der Waals surface area contributed by atoms with Gasteiger partial charge in [0.05, 0.1) is 29.0 Å². The van der Waals surface area contributed by atoms with Gasteiger partial charge in [-0.1, -0.05) is 41.9 Å². The number of ether oxygens (including phenoxy) is 3. The summed E-state index contributed by atoms with van der Waals surface area (Å²) >= 11 is 6.44. The summed E-state index contributed by atoms with van der Waals surface area (Å²) in [5.41, 5.74) is 2.84. The molecule has 2 aliphatic heterocycles. The van der Waals surface area contributed by atoms with Crippen LogP contribution in [0.4, 0.5) is 0 Å². The fourth-order valence-electron chi connectivity index (χ4n) is 4.06. The summed E-state index contributed by atoms with van der Waals surface area (Å²) in [5, 5.41) is 0.532. The number of benzene rings is 2. The predicted molar refractivity (Wildman–Crippen MR) is 117 cm³/mol. The lowest BCUT2D eigenvalue weighted by Gasteiger charge is -2.32. The topological polar surface area (TPSA) is 57.0 Å². The first kappa shape index (κ1) is 20.4. The van der Waals surface area contributed by atoms with Crippen molar-refractivity contribution >= 4 is 11.6 Å². The number of hydrogen-bond donors (Lipinski definition) is 0. The molecule has 1 fully saturated rings. The van der Waals surface area contributed by atoms with E-state index in [1.807, 2.05) is 31.2 Å². The van der Waals surface area contributed by atoms with E-state index in [0.29, 0.717) is 34.6 Å². The highest BCUT2D eigenvalue weighted by molar-refractivity contribution is 6.33. The molecule has 0 bridgehead atoms. The summed E-state index contributed by atoms with van der Waals surface area (Å²) in [5.74, 6) is 2.61. The van der Waals surface area contributed by atoms with Crippen LogP contribution in [0.2, 0.25) is 5.02 Å². The van der Waals surface area contributed by atoms with Gasteiger partial charge in [0.15, 0.2) is 11.5 Å². The quantitative estimate of drug-likeness (QED) is 0.524. The predicted octanol–water partition coefficient (Wildman–Crippen LogP) is 5.21. The van der Waals surface area contributed by atoms with E-state index in [-0.39, 0.29) is 12.9 Å². The normalized spacial score (nSPS) is 18.5. The summed E-state index contributed by atoms with van der Waals surface area (Å²) in [6.07, 6.45) is 2.42. The molecule has 1 saturated heterocycles.